The number of hydrogen-bond donors (Lipinski definition) is 0. The van der Waals surface area contributed by atoms with E-state index in [1.165, 1.54) is 23.0 Å². The van der Waals surface area contributed by atoms with E-state index in [0.29, 0.717) is 34.7 Å². The Morgan fingerprint density at radius 2 is 1.75 bits per heavy atom. The van der Waals surface area contributed by atoms with E-state index >= 15 is 4.39 Å². The highest BCUT2D eigenvalue weighted by Crippen LogP contribution is 2.38. The predicted octanol–water partition coefficient (Wildman–Crippen LogP) is 4.62. The zero-order valence-corrected chi connectivity index (χ0v) is 20.0. The van der Waals surface area contributed by atoms with Crippen molar-refractivity contribution in [1.82, 2.24) is 29.7 Å². The Morgan fingerprint density at radius 3 is 2.50 bits per heavy atom. The van der Waals surface area contributed by atoms with Gasteiger partial charge in [0, 0.05) is 18.2 Å². The standard InChI is InChI=1S/C25H24F3N7O/c1-12-10-34(11-20(36-12)18-9-29-35(23(18)28)16-5-6-16)25-32-21(17-7-4-15(26)8-19(17)27)22-24(33-25)31-14(3)13(2)30-22/h4,7-9,12,16,20H,5-6,10-11H2,1-3H3/t12-,20-/m0/s1. The van der Waals surface area contributed by atoms with E-state index in [1.807, 2.05) is 18.7 Å². The molecule has 0 N–H and O–H groups in total. The highest BCUT2D eigenvalue weighted by Gasteiger charge is 2.35. The van der Waals surface area contributed by atoms with Gasteiger partial charge in [-0.2, -0.15) is 14.5 Å². The SMILES string of the molecule is Cc1nc2nc(N3C[C@@H](c4cnn(C5CC5)c4F)O[C@@H](C)C3)nc(-c3ccc(F)cc3F)c2nc1C. The van der Waals surface area contributed by atoms with Crippen LogP contribution in [0.15, 0.2) is 24.4 Å². The van der Waals surface area contributed by atoms with Crippen LogP contribution in [0.1, 0.15) is 48.9 Å². The number of aromatic nitrogens is 6. The van der Waals surface area contributed by atoms with Crippen molar-refractivity contribution >= 4 is 17.1 Å². The number of fused-ring (bicyclic) bond motifs is 1. The van der Waals surface area contributed by atoms with Gasteiger partial charge in [-0.3, -0.25) is 0 Å². The summed E-state index contributed by atoms with van der Waals surface area (Å²) < 4.78 is 51.1. The number of benzene rings is 1. The number of hydrogen-bond acceptors (Lipinski definition) is 7. The van der Waals surface area contributed by atoms with Crippen LogP contribution in [0, 0.1) is 31.4 Å². The minimum absolute atomic E-state index is 0.0946. The van der Waals surface area contributed by atoms with Crippen molar-refractivity contribution in [2.45, 2.75) is 51.9 Å². The van der Waals surface area contributed by atoms with Crippen LogP contribution in [0.2, 0.25) is 0 Å². The minimum atomic E-state index is -0.760. The molecule has 8 nitrogen and oxygen atoms in total. The summed E-state index contributed by atoms with van der Waals surface area (Å²) in [5.74, 6) is -1.55. The summed E-state index contributed by atoms with van der Waals surface area (Å²) in [7, 11) is 0. The molecule has 1 aromatic carbocycles. The third-order valence-electron chi connectivity index (χ3n) is 6.66. The fraction of sp³-hybridized carbons (Fsp3) is 0.400. The third-order valence-corrected chi connectivity index (χ3v) is 6.66. The van der Waals surface area contributed by atoms with Gasteiger partial charge in [0.25, 0.3) is 0 Å². The molecule has 3 aromatic heterocycles. The Labute approximate surface area is 205 Å². The Hall–Kier alpha value is -3.60. The average molecular weight is 496 g/mol. The molecule has 186 valence electrons. The lowest BCUT2D eigenvalue weighted by Crippen LogP contribution is -2.44. The summed E-state index contributed by atoms with van der Waals surface area (Å²) in [6.45, 7) is 6.20. The van der Waals surface area contributed by atoms with E-state index in [2.05, 4.69) is 25.0 Å². The molecule has 0 amide bonds. The van der Waals surface area contributed by atoms with Crippen LogP contribution in [-0.4, -0.2) is 48.9 Å². The van der Waals surface area contributed by atoms with Gasteiger partial charge in [-0.1, -0.05) is 0 Å². The smallest absolute Gasteiger partial charge is 0.228 e. The molecule has 1 saturated carbocycles. The van der Waals surface area contributed by atoms with E-state index in [0.717, 1.165) is 18.9 Å². The maximum absolute atomic E-state index is 15.1. The zero-order valence-electron chi connectivity index (χ0n) is 20.0. The molecule has 1 aliphatic carbocycles. The molecule has 1 aliphatic heterocycles. The monoisotopic (exact) mass is 495 g/mol. The van der Waals surface area contributed by atoms with Crippen LogP contribution in [-0.2, 0) is 4.74 Å². The fourth-order valence-electron chi connectivity index (χ4n) is 4.55. The lowest BCUT2D eigenvalue weighted by molar-refractivity contribution is -0.0197. The van der Waals surface area contributed by atoms with Crippen LogP contribution in [0.4, 0.5) is 19.1 Å². The van der Waals surface area contributed by atoms with Crippen molar-refractivity contribution in [3.8, 4) is 11.3 Å². The summed E-state index contributed by atoms with van der Waals surface area (Å²) in [5, 5.41) is 4.23. The fourth-order valence-corrected chi connectivity index (χ4v) is 4.55. The van der Waals surface area contributed by atoms with E-state index in [-0.39, 0.29) is 41.8 Å². The molecule has 0 spiro atoms. The summed E-state index contributed by atoms with van der Waals surface area (Å²) in [6, 6.07) is 3.43. The largest absolute Gasteiger partial charge is 0.367 e. The first-order chi connectivity index (χ1) is 17.3. The lowest BCUT2D eigenvalue weighted by atomic mass is 10.1. The molecule has 4 aromatic rings. The number of halogens is 3. The van der Waals surface area contributed by atoms with Crippen LogP contribution in [0.5, 0.6) is 0 Å². The molecule has 36 heavy (non-hydrogen) atoms. The van der Waals surface area contributed by atoms with E-state index in [1.54, 1.807) is 6.92 Å². The number of rotatable bonds is 4. The molecule has 2 aliphatic rings. The molecular weight excluding hydrogens is 471 g/mol. The Balaban J connectivity index is 1.44. The molecule has 2 atom stereocenters. The van der Waals surface area contributed by atoms with E-state index in [9.17, 15) is 8.78 Å². The molecular formula is C25H24F3N7O. The van der Waals surface area contributed by atoms with Gasteiger partial charge in [0.15, 0.2) is 5.65 Å². The molecule has 2 fully saturated rings. The third kappa shape index (κ3) is 3.97. The van der Waals surface area contributed by atoms with Crippen molar-refractivity contribution < 1.29 is 17.9 Å². The maximum atomic E-state index is 15.1. The Kier molecular flexibility index (Phi) is 5.40. The average Bonchev–Trinajstić information content (AvgIpc) is 3.60. The summed E-state index contributed by atoms with van der Waals surface area (Å²) >= 11 is 0. The van der Waals surface area contributed by atoms with Gasteiger partial charge in [-0.15, -0.1) is 0 Å². The number of nitrogens with zero attached hydrogens (tertiary/aromatic N) is 7. The van der Waals surface area contributed by atoms with Crippen LogP contribution in [0.3, 0.4) is 0 Å². The van der Waals surface area contributed by atoms with Crippen molar-refractivity contribution in [3.63, 3.8) is 0 Å². The first-order valence-electron chi connectivity index (χ1n) is 11.9. The highest BCUT2D eigenvalue weighted by atomic mass is 19.1. The second-order valence-electron chi connectivity index (χ2n) is 9.47. The summed E-state index contributed by atoms with van der Waals surface area (Å²) in [6.07, 6.45) is 2.51. The first kappa shape index (κ1) is 22.8. The second kappa shape index (κ2) is 8.51. The highest BCUT2D eigenvalue weighted by molar-refractivity contribution is 5.88. The van der Waals surface area contributed by atoms with Gasteiger partial charge in [0.2, 0.25) is 11.9 Å². The quantitative estimate of drug-likeness (QED) is 0.409. The van der Waals surface area contributed by atoms with Gasteiger partial charge in [0.05, 0.1) is 41.8 Å². The molecule has 1 saturated heterocycles. The van der Waals surface area contributed by atoms with Gasteiger partial charge in [-0.05, 0) is 45.7 Å². The number of ether oxygens (including phenoxy) is 1. The number of morpholine rings is 1. The van der Waals surface area contributed by atoms with E-state index < -0.39 is 17.7 Å². The minimum Gasteiger partial charge on any atom is -0.367 e. The topological polar surface area (TPSA) is 81.9 Å². The lowest BCUT2D eigenvalue weighted by Gasteiger charge is -2.36. The first-order valence-corrected chi connectivity index (χ1v) is 11.9. The summed E-state index contributed by atoms with van der Waals surface area (Å²) in [4.78, 5) is 20.3. The van der Waals surface area contributed by atoms with Crippen molar-refractivity contribution in [3.05, 3.63) is 58.9 Å². The van der Waals surface area contributed by atoms with Crippen LogP contribution in [0.25, 0.3) is 22.4 Å². The Bertz CT molecular complexity index is 1490. The molecule has 4 heterocycles. The van der Waals surface area contributed by atoms with Gasteiger partial charge >= 0.3 is 0 Å². The van der Waals surface area contributed by atoms with E-state index in [4.69, 9.17) is 4.74 Å². The molecule has 0 unspecified atom stereocenters. The Morgan fingerprint density at radius 1 is 0.972 bits per heavy atom. The maximum Gasteiger partial charge on any atom is 0.228 e. The van der Waals surface area contributed by atoms with Crippen molar-refractivity contribution in [2.75, 3.05) is 18.0 Å². The van der Waals surface area contributed by atoms with Gasteiger partial charge < -0.3 is 9.64 Å². The second-order valence-corrected chi connectivity index (χ2v) is 9.47. The molecule has 0 bridgehead atoms. The van der Waals surface area contributed by atoms with Gasteiger partial charge in [0.1, 0.15) is 28.9 Å². The zero-order chi connectivity index (χ0) is 25.1. The number of anilines is 1. The van der Waals surface area contributed by atoms with Crippen molar-refractivity contribution in [1.29, 1.82) is 0 Å². The number of aryl methyl sites for hydroxylation is 2. The molecule has 0 radical (unpaired) electrons. The summed E-state index contributed by atoms with van der Waals surface area (Å²) in [5.41, 5.74) is 2.65. The normalized spacial score (nSPS) is 20.3. The van der Waals surface area contributed by atoms with Crippen molar-refractivity contribution in [2.24, 2.45) is 0 Å². The van der Waals surface area contributed by atoms with Crippen LogP contribution >= 0.6 is 0 Å². The molecule has 6 rings (SSSR count). The van der Waals surface area contributed by atoms with Crippen LogP contribution < -0.4 is 4.90 Å². The van der Waals surface area contributed by atoms with Gasteiger partial charge in [-0.25, -0.2) is 28.4 Å². The molecule has 11 heteroatoms. The predicted molar refractivity (Wildman–Crippen MR) is 126 cm³/mol.